The first-order chi connectivity index (χ1) is 9.69. The van der Waals surface area contributed by atoms with Gasteiger partial charge in [0.15, 0.2) is 4.90 Å². The van der Waals surface area contributed by atoms with E-state index in [9.17, 15) is 27.7 Å². The maximum Gasteiger partial charge on any atom is 0.422 e. The predicted octanol–water partition coefficient (Wildman–Crippen LogP) is 0.982. The highest BCUT2D eigenvalue weighted by atomic mass is 32.2. The van der Waals surface area contributed by atoms with Crippen molar-refractivity contribution in [1.29, 1.82) is 0 Å². The molecule has 0 saturated carbocycles. The minimum absolute atomic E-state index is 0.00707. The van der Waals surface area contributed by atoms with Gasteiger partial charge in [0.05, 0.1) is 11.5 Å². The van der Waals surface area contributed by atoms with Gasteiger partial charge >= 0.3 is 6.09 Å². The molecule has 1 amide bonds. The standard InChI is InChI=1S/C10H12FN3O6S/c1-3-20-10(15)12-13-21(18,19)9-5-7(11)6(2)4-8(9)14(16)17/h4-5,13H,3H2,1-2H3,(H,12,15). The molecule has 1 aromatic rings. The topological polar surface area (TPSA) is 128 Å². The van der Waals surface area contributed by atoms with Crippen LogP contribution in [0.25, 0.3) is 0 Å². The van der Waals surface area contributed by atoms with Crippen LogP contribution in [0.4, 0.5) is 14.9 Å². The van der Waals surface area contributed by atoms with Crippen molar-refractivity contribution in [2.45, 2.75) is 18.7 Å². The summed E-state index contributed by atoms with van der Waals surface area (Å²) in [4.78, 5) is 21.5. The number of carbonyl (C=O) groups excluding carboxylic acids is 1. The Kier molecular flexibility index (Phi) is 5.16. The largest absolute Gasteiger partial charge is 0.449 e. The zero-order valence-corrected chi connectivity index (χ0v) is 11.9. The van der Waals surface area contributed by atoms with Crippen LogP contribution >= 0.6 is 0 Å². The fourth-order valence-corrected chi connectivity index (χ4v) is 2.33. The summed E-state index contributed by atoms with van der Waals surface area (Å²) in [6.07, 6.45) is -1.10. The van der Waals surface area contributed by atoms with Gasteiger partial charge in [0, 0.05) is 12.1 Å². The number of hydrazine groups is 1. The van der Waals surface area contributed by atoms with Crippen LogP contribution in [-0.2, 0) is 14.8 Å². The van der Waals surface area contributed by atoms with Gasteiger partial charge in [-0.05, 0) is 19.4 Å². The van der Waals surface area contributed by atoms with Crippen LogP contribution < -0.4 is 10.3 Å². The van der Waals surface area contributed by atoms with Gasteiger partial charge in [0.25, 0.3) is 15.7 Å². The lowest BCUT2D eigenvalue weighted by atomic mass is 10.2. The van der Waals surface area contributed by atoms with Crippen LogP contribution in [0.2, 0.25) is 0 Å². The molecule has 0 spiro atoms. The molecule has 0 aliphatic carbocycles. The van der Waals surface area contributed by atoms with Gasteiger partial charge in [-0.15, -0.1) is 4.83 Å². The number of nitro benzene ring substituents is 1. The minimum atomic E-state index is -4.53. The van der Waals surface area contributed by atoms with E-state index in [1.165, 1.54) is 13.8 Å². The second-order valence-corrected chi connectivity index (χ2v) is 5.43. The lowest BCUT2D eigenvalue weighted by Gasteiger charge is -2.09. The van der Waals surface area contributed by atoms with Gasteiger partial charge in [0.1, 0.15) is 5.82 Å². The van der Waals surface area contributed by atoms with E-state index < -0.39 is 37.4 Å². The fraction of sp³-hybridized carbons (Fsp3) is 0.300. The number of halogens is 1. The highest BCUT2D eigenvalue weighted by Crippen LogP contribution is 2.26. The SMILES string of the molecule is CCOC(=O)NNS(=O)(=O)c1cc(F)c(C)cc1[N+](=O)[O-]. The summed E-state index contributed by atoms with van der Waals surface area (Å²) in [6, 6.07) is 1.29. The summed E-state index contributed by atoms with van der Waals surface area (Å²) in [5.41, 5.74) is 0.781. The zero-order chi connectivity index (χ0) is 16.2. The van der Waals surface area contributed by atoms with E-state index in [0.29, 0.717) is 6.07 Å². The lowest BCUT2D eigenvalue weighted by Crippen LogP contribution is -2.42. The Morgan fingerprint density at radius 1 is 1.48 bits per heavy atom. The first kappa shape index (κ1) is 16.8. The van der Waals surface area contributed by atoms with Gasteiger partial charge in [-0.1, -0.05) is 0 Å². The van der Waals surface area contributed by atoms with Crippen molar-refractivity contribution >= 4 is 21.8 Å². The summed E-state index contributed by atoms with van der Waals surface area (Å²) in [6.45, 7) is 2.74. The van der Waals surface area contributed by atoms with Gasteiger partial charge in [-0.2, -0.15) is 0 Å². The third-order valence-corrected chi connectivity index (χ3v) is 3.57. The Labute approximate surface area is 119 Å². The van der Waals surface area contributed by atoms with E-state index in [4.69, 9.17) is 0 Å². The Balaban J connectivity index is 3.16. The predicted molar refractivity (Wildman–Crippen MR) is 68.3 cm³/mol. The van der Waals surface area contributed by atoms with Crippen molar-refractivity contribution in [3.05, 3.63) is 33.6 Å². The first-order valence-corrected chi connectivity index (χ1v) is 7.06. The zero-order valence-electron chi connectivity index (χ0n) is 11.0. The smallest absolute Gasteiger partial charge is 0.422 e. The van der Waals surface area contributed by atoms with Crippen molar-refractivity contribution in [3.63, 3.8) is 0 Å². The maximum atomic E-state index is 13.4. The molecular formula is C10H12FN3O6S. The van der Waals surface area contributed by atoms with Crippen molar-refractivity contribution < 1.29 is 27.3 Å². The van der Waals surface area contributed by atoms with E-state index in [1.807, 2.05) is 0 Å². The first-order valence-electron chi connectivity index (χ1n) is 5.58. The van der Waals surface area contributed by atoms with E-state index in [2.05, 4.69) is 4.74 Å². The second-order valence-electron chi connectivity index (χ2n) is 3.78. The molecule has 11 heteroatoms. The van der Waals surface area contributed by atoms with Crippen molar-refractivity contribution in [3.8, 4) is 0 Å². The molecule has 0 atom stereocenters. The molecule has 21 heavy (non-hydrogen) atoms. The van der Waals surface area contributed by atoms with Crippen LogP contribution in [0.5, 0.6) is 0 Å². The monoisotopic (exact) mass is 321 g/mol. The van der Waals surface area contributed by atoms with Crippen molar-refractivity contribution in [2.24, 2.45) is 0 Å². The Morgan fingerprint density at radius 3 is 2.62 bits per heavy atom. The van der Waals surface area contributed by atoms with Crippen LogP contribution in [0.3, 0.4) is 0 Å². The normalized spacial score (nSPS) is 11.0. The number of nitrogens with zero attached hydrogens (tertiary/aromatic N) is 1. The fourth-order valence-electron chi connectivity index (χ4n) is 1.34. The molecule has 116 valence electrons. The van der Waals surface area contributed by atoms with Crippen LogP contribution in [-0.4, -0.2) is 26.0 Å². The molecule has 0 fully saturated rings. The maximum absolute atomic E-state index is 13.4. The Hall–Kier alpha value is -2.27. The third-order valence-electron chi connectivity index (χ3n) is 2.29. The molecule has 0 aliphatic heterocycles. The summed E-state index contributed by atoms with van der Waals surface area (Å²) in [5.74, 6) is -0.933. The van der Waals surface area contributed by atoms with E-state index >= 15 is 0 Å². The number of ether oxygens (including phenoxy) is 1. The third kappa shape index (κ3) is 4.10. The number of hydrogen-bond acceptors (Lipinski definition) is 6. The average molecular weight is 321 g/mol. The summed E-state index contributed by atoms with van der Waals surface area (Å²) in [7, 11) is -4.53. The molecule has 0 saturated heterocycles. The van der Waals surface area contributed by atoms with E-state index in [0.717, 1.165) is 6.07 Å². The lowest BCUT2D eigenvalue weighted by molar-refractivity contribution is -0.387. The molecule has 0 bridgehead atoms. The molecule has 2 N–H and O–H groups in total. The van der Waals surface area contributed by atoms with Crippen LogP contribution in [0.15, 0.2) is 17.0 Å². The molecule has 1 rings (SSSR count). The Bertz CT molecular complexity index is 676. The number of nitro groups is 1. The highest BCUT2D eigenvalue weighted by molar-refractivity contribution is 7.89. The molecule has 1 aromatic carbocycles. The number of sulfonamides is 1. The van der Waals surface area contributed by atoms with Crippen LogP contribution in [0, 0.1) is 22.9 Å². The second kappa shape index (κ2) is 6.45. The molecule has 9 nitrogen and oxygen atoms in total. The van der Waals surface area contributed by atoms with Crippen LogP contribution in [0.1, 0.15) is 12.5 Å². The minimum Gasteiger partial charge on any atom is -0.449 e. The van der Waals surface area contributed by atoms with Gasteiger partial charge in [0.2, 0.25) is 0 Å². The number of benzene rings is 1. The average Bonchev–Trinajstić information content (AvgIpc) is 2.39. The van der Waals surface area contributed by atoms with Gasteiger partial charge < -0.3 is 4.74 Å². The van der Waals surface area contributed by atoms with Gasteiger partial charge in [-0.3, -0.25) is 10.1 Å². The number of rotatable bonds is 5. The van der Waals surface area contributed by atoms with Crippen molar-refractivity contribution in [2.75, 3.05) is 6.61 Å². The molecular weight excluding hydrogens is 309 g/mol. The molecule has 0 radical (unpaired) electrons. The number of carbonyl (C=O) groups is 1. The number of hydrogen-bond donors (Lipinski definition) is 2. The number of nitrogens with one attached hydrogen (secondary N) is 2. The molecule has 0 aliphatic rings. The summed E-state index contributed by atoms with van der Waals surface area (Å²) < 4.78 is 41.6. The number of amides is 1. The number of aryl methyl sites for hydroxylation is 1. The molecule has 0 heterocycles. The summed E-state index contributed by atoms with van der Waals surface area (Å²) >= 11 is 0. The molecule has 0 unspecified atom stereocenters. The quantitative estimate of drug-likeness (QED) is 0.614. The Morgan fingerprint density at radius 2 is 2.10 bits per heavy atom. The summed E-state index contributed by atoms with van der Waals surface area (Å²) in [5, 5.41) is 10.9. The van der Waals surface area contributed by atoms with Gasteiger partial charge in [-0.25, -0.2) is 23.0 Å². The van der Waals surface area contributed by atoms with Crippen molar-refractivity contribution in [1.82, 2.24) is 10.3 Å². The van der Waals surface area contributed by atoms with E-state index in [1.54, 1.807) is 10.3 Å². The highest BCUT2D eigenvalue weighted by Gasteiger charge is 2.28. The molecule has 0 aromatic heterocycles. The van der Waals surface area contributed by atoms with E-state index in [-0.39, 0.29) is 12.2 Å².